The monoisotopic (exact) mass is 203 g/mol. The molecule has 0 unspecified atom stereocenters. The van der Waals surface area contributed by atoms with Gasteiger partial charge in [0.2, 0.25) is 0 Å². The van der Waals surface area contributed by atoms with E-state index in [9.17, 15) is 0 Å². The number of aromatic nitrogens is 1. The number of pyridine rings is 1. The molecule has 0 radical (unpaired) electrons. The average Bonchev–Trinajstić information content (AvgIpc) is 2.25. The quantitative estimate of drug-likeness (QED) is 0.754. The van der Waals surface area contributed by atoms with Gasteiger partial charge in [-0.15, -0.1) is 0 Å². The molecule has 80 valence electrons. The fourth-order valence-corrected chi connectivity index (χ4v) is 1.54. The SMILES string of the molecule is CCN(CC(C)C)c1ccnc(C#N)c1. The smallest absolute Gasteiger partial charge is 0.142 e. The van der Waals surface area contributed by atoms with E-state index < -0.39 is 0 Å². The predicted molar refractivity (Wildman–Crippen MR) is 61.7 cm³/mol. The predicted octanol–water partition coefficient (Wildman–Crippen LogP) is 2.44. The third-order valence-electron chi connectivity index (χ3n) is 2.19. The molecule has 0 amide bonds. The Labute approximate surface area is 91.4 Å². The van der Waals surface area contributed by atoms with Gasteiger partial charge in [-0.1, -0.05) is 13.8 Å². The van der Waals surface area contributed by atoms with Crippen LogP contribution in [0.3, 0.4) is 0 Å². The highest BCUT2D eigenvalue weighted by molar-refractivity contribution is 5.48. The van der Waals surface area contributed by atoms with Crippen molar-refractivity contribution in [3.8, 4) is 6.07 Å². The standard InChI is InChI=1S/C12H17N3/c1-4-15(9-10(2)3)12-5-6-14-11(7-12)8-13/h5-7,10H,4,9H2,1-3H3. The largest absolute Gasteiger partial charge is 0.371 e. The molecule has 0 atom stereocenters. The summed E-state index contributed by atoms with van der Waals surface area (Å²) in [4.78, 5) is 6.22. The minimum atomic E-state index is 0.481. The fourth-order valence-electron chi connectivity index (χ4n) is 1.54. The molecule has 0 spiro atoms. The van der Waals surface area contributed by atoms with Gasteiger partial charge in [-0.25, -0.2) is 4.98 Å². The number of nitrogens with zero attached hydrogens (tertiary/aromatic N) is 3. The van der Waals surface area contributed by atoms with Gasteiger partial charge in [-0.05, 0) is 25.0 Å². The van der Waals surface area contributed by atoms with E-state index in [1.807, 2.05) is 12.1 Å². The minimum Gasteiger partial charge on any atom is -0.371 e. The first-order valence-corrected chi connectivity index (χ1v) is 5.28. The van der Waals surface area contributed by atoms with Crippen molar-refractivity contribution in [2.75, 3.05) is 18.0 Å². The maximum Gasteiger partial charge on any atom is 0.142 e. The van der Waals surface area contributed by atoms with Crippen molar-refractivity contribution in [3.05, 3.63) is 24.0 Å². The molecule has 1 rings (SSSR count). The molecule has 0 aliphatic heterocycles. The summed E-state index contributed by atoms with van der Waals surface area (Å²) in [7, 11) is 0. The summed E-state index contributed by atoms with van der Waals surface area (Å²) < 4.78 is 0. The Kier molecular flexibility index (Phi) is 4.11. The van der Waals surface area contributed by atoms with Gasteiger partial charge in [0.05, 0.1) is 0 Å². The minimum absolute atomic E-state index is 0.481. The molecule has 0 aromatic carbocycles. The second-order valence-electron chi connectivity index (χ2n) is 3.94. The Bertz CT molecular complexity index is 352. The summed E-state index contributed by atoms with van der Waals surface area (Å²) in [6, 6.07) is 5.85. The van der Waals surface area contributed by atoms with Gasteiger partial charge < -0.3 is 4.90 Å². The van der Waals surface area contributed by atoms with E-state index in [0.29, 0.717) is 11.6 Å². The lowest BCUT2D eigenvalue weighted by molar-refractivity contribution is 0.618. The molecule has 0 N–H and O–H groups in total. The van der Waals surface area contributed by atoms with Crippen LogP contribution in [0.4, 0.5) is 5.69 Å². The van der Waals surface area contributed by atoms with Crippen LogP contribution >= 0.6 is 0 Å². The number of nitriles is 1. The zero-order chi connectivity index (χ0) is 11.3. The van der Waals surface area contributed by atoms with Crippen molar-refractivity contribution in [2.45, 2.75) is 20.8 Å². The first kappa shape index (κ1) is 11.5. The molecule has 0 saturated carbocycles. The van der Waals surface area contributed by atoms with Gasteiger partial charge in [0.1, 0.15) is 11.8 Å². The van der Waals surface area contributed by atoms with E-state index in [1.165, 1.54) is 0 Å². The van der Waals surface area contributed by atoms with Crippen molar-refractivity contribution in [1.29, 1.82) is 5.26 Å². The van der Waals surface area contributed by atoms with Gasteiger partial charge in [-0.2, -0.15) is 5.26 Å². The fraction of sp³-hybridized carbons (Fsp3) is 0.500. The molecular formula is C12H17N3. The van der Waals surface area contributed by atoms with Crippen LogP contribution < -0.4 is 4.90 Å². The van der Waals surface area contributed by atoms with Crippen LogP contribution in [0.1, 0.15) is 26.5 Å². The highest BCUT2D eigenvalue weighted by Gasteiger charge is 2.07. The Morgan fingerprint density at radius 1 is 1.53 bits per heavy atom. The van der Waals surface area contributed by atoms with Gasteiger partial charge in [-0.3, -0.25) is 0 Å². The van der Waals surface area contributed by atoms with E-state index in [2.05, 4.69) is 36.7 Å². The van der Waals surface area contributed by atoms with Crippen molar-refractivity contribution in [3.63, 3.8) is 0 Å². The van der Waals surface area contributed by atoms with Crippen LogP contribution in [0.5, 0.6) is 0 Å². The van der Waals surface area contributed by atoms with Crippen molar-refractivity contribution >= 4 is 5.69 Å². The van der Waals surface area contributed by atoms with Crippen LogP contribution in [-0.4, -0.2) is 18.1 Å². The molecule has 0 aliphatic carbocycles. The molecule has 0 bridgehead atoms. The molecule has 1 aromatic rings. The van der Waals surface area contributed by atoms with Crippen molar-refractivity contribution < 1.29 is 0 Å². The van der Waals surface area contributed by atoms with Crippen LogP contribution in [0, 0.1) is 17.2 Å². The van der Waals surface area contributed by atoms with Crippen molar-refractivity contribution in [2.24, 2.45) is 5.92 Å². The average molecular weight is 203 g/mol. The third-order valence-corrected chi connectivity index (χ3v) is 2.19. The summed E-state index contributed by atoms with van der Waals surface area (Å²) in [6.45, 7) is 8.46. The van der Waals surface area contributed by atoms with E-state index >= 15 is 0 Å². The Hall–Kier alpha value is -1.56. The van der Waals surface area contributed by atoms with E-state index in [4.69, 9.17) is 5.26 Å². The zero-order valence-corrected chi connectivity index (χ0v) is 9.57. The number of hydrogen-bond donors (Lipinski definition) is 0. The van der Waals surface area contributed by atoms with Gasteiger partial charge in [0.15, 0.2) is 0 Å². The molecule has 1 aromatic heterocycles. The first-order chi connectivity index (χ1) is 7.17. The van der Waals surface area contributed by atoms with Crippen LogP contribution in [0.2, 0.25) is 0 Å². The summed E-state index contributed by atoms with van der Waals surface area (Å²) in [5.41, 5.74) is 1.56. The Morgan fingerprint density at radius 3 is 2.80 bits per heavy atom. The normalized spacial score (nSPS) is 10.1. The molecule has 15 heavy (non-hydrogen) atoms. The topological polar surface area (TPSA) is 39.9 Å². The third kappa shape index (κ3) is 3.25. The summed E-state index contributed by atoms with van der Waals surface area (Å²) >= 11 is 0. The molecule has 3 heteroatoms. The second-order valence-corrected chi connectivity index (χ2v) is 3.94. The molecule has 1 heterocycles. The van der Waals surface area contributed by atoms with Gasteiger partial charge >= 0.3 is 0 Å². The van der Waals surface area contributed by atoms with Crippen LogP contribution in [-0.2, 0) is 0 Å². The van der Waals surface area contributed by atoms with Crippen LogP contribution in [0.15, 0.2) is 18.3 Å². The van der Waals surface area contributed by atoms with E-state index in [0.717, 1.165) is 18.8 Å². The Morgan fingerprint density at radius 2 is 2.27 bits per heavy atom. The lowest BCUT2D eigenvalue weighted by atomic mass is 10.2. The molecule has 3 nitrogen and oxygen atoms in total. The van der Waals surface area contributed by atoms with Gasteiger partial charge in [0, 0.05) is 25.0 Å². The van der Waals surface area contributed by atoms with Crippen molar-refractivity contribution in [1.82, 2.24) is 4.98 Å². The maximum absolute atomic E-state index is 8.77. The molecular weight excluding hydrogens is 186 g/mol. The Balaban J connectivity index is 2.87. The first-order valence-electron chi connectivity index (χ1n) is 5.28. The zero-order valence-electron chi connectivity index (χ0n) is 9.57. The molecule has 0 aliphatic rings. The molecule has 0 fully saturated rings. The summed E-state index contributed by atoms with van der Waals surface area (Å²) in [6.07, 6.45) is 1.69. The van der Waals surface area contributed by atoms with E-state index in [-0.39, 0.29) is 0 Å². The lowest BCUT2D eigenvalue weighted by Crippen LogP contribution is -2.27. The maximum atomic E-state index is 8.77. The van der Waals surface area contributed by atoms with E-state index in [1.54, 1.807) is 6.20 Å². The molecule has 0 saturated heterocycles. The number of anilines is 1. The summed E-state index contributed by atoms with van der Waals surface area (Å²) in [5, 5.41) is 8.77. The lowest BCUT2D eigenvalue weighted by Gasteiger charge is -2.24. The van der Waals surface area contributed by atoms with Gasteiger partial charge in [0.25, 0.3) is 0 Å². The van der Waals surface area contributed by atoms with Crippen LogP contribution in [0.25, 0.3) is 0 Å². The highest BCUT2D eigenvalue weighted by atomic mass is 15.1. The number of rotatable bonds is 4. The number of hydrogen-bond acceptors (Lipinski definition) is 3. The second kappa shape index (κ2) is 5.35. The highest BCUT2D eigenvalue weighted by Crippen LogP contribution is 2.15. The summed E-state index contributed by atoms with van der Waals surface area (Å²) in [5.74, 6) is 0.614.